The van der Waals surface area contributed by atoms with Gasteiger partial charge in [-0.1, -0.05) is 46.6 Å². The van der Waals surface area contributed by atoms with E-state index in [0.29, 0.717) is 0 Å². The third-order valence-corrected chi connectivity index (χ3v) is 4.68. The Morgan fingerprint density at radius 1 is 1.29 bits per heavy atom. The summed E-state index contributed by atoms with van der Waals surface area (Å²) >= 11 is 9.81. The van der Waals surface area contributed by atoms with E-state index >= 15 is 0 Å². The molecule has 0 fully saturated rings. The number of ether oxygens (including phenoxy) is 1. The molecule has 2 nitrogen and oxygen atoms in total. The molecule has 21 heavy (non-hydrogen) atoms. The molecule has 0 saturated carbocycles. The molecule has 1 aliphatic rings. The lowest BCUT2D eigenvalue weighted by atomic mass is 9.96. The van der Waals surface area contributed by atoms with E-state index in [2.05, 4.69) is 46.4 Å². The van der Waals surface area contributed by atoms with Crippen molar-refractivity contribution >= 4 is 27.5 Å². The van der Waals surface area contributed by atoms with E-state index in [1.165, 1.54) is 11.1 Å². The zero-order valence-corrected chi connectivity index (χ0v) is 14.2. The van der Waals surface area contributed by atoms with E-state index in [-0.39, 0.29) is 6.04 Å². The van der Waals surface area contributed by atoms with E-state index in [4.69, 9.17) is 16.3 Å². The summed E-state index contributed by atoms with van der Waals surface area (Å²) in [4.78, 5) is 0. The summed E-state index contributed by atoms with van der Waals surface area (Å²) in [5, 5.41) is 4.30. The first kappa shape index (κ1) is 14.9. The fourth-order valence-electron chi connectivity index (χ4n) is 2.73. The Morgan fingerprint density at radius 2 is 2.14 bits per heavy atom. The van der Waals surface area contributed by atoms with Gasteiger partial charge in [-0.05, 0) is 47.5 Å². The normalized spacial score (nSPS) is 14.6. The molecule has 110 valence electrons. The molecule has 0 spiro atoms. The average Bonchev–Trinajstić information content (AvgIpc) is 2.95. The largest absolute Gasteiger partial charge is 0.493 e. The van der Waals surface area contributed by atoms with Crippen LogP contribution in [-0.4, -0.2) is 13.2 Å². The molecule has 1 atom stereocenters. The molecule has 4 heteroatoms. The van der Waals surface area contributed by atoms with Crippen LogP contribution in [0.1, 0.15) is 29.7 Å². The van der Waals surface area contributed by atoms with Crippen LogP contribution in [0.4, 0.5) is 0 Å². The van der Waals surface area contributed by atoms with Crippen LogP contribution in [0.3, 0.4) is 0 Å². The van der Waals surface area contributed by atoms with Gasteiger partial charge in [0, 0.05) is 15.9 Å². The minimum absolute atomic E-state index is 0.119. The molecule has 0 bridgehead atoms. The Hall–Kier alpha value is -1.03. The number of halogens is 2. The van der Waals surface area contributed by atoms with Crippen molar-refractivity contribution in [1.82, 2.24) is 5.32 Å². The van der Waals surface area contributed by atoms with E-state index in [9.17, 15) is 0 Å². The van der Waals surface area contributed by atoms with Crippen LogP contribution in [0.25, 0.3) is 0 Å². The molecule has 2 aromatic carbocycles. The van der Waals surface area contributed by atoms with Crippen LogP contribution >= 0.6 is 27.5 Å². The molecule has 0 aliphatic carbocycles. The van der Waals surface area contributed by atoms with Crippen molar-refractivity contribution < 1.29 is 4.74 Å². The number of rotatable bonds is 4. The van der Waals surface area contributed by atoms with Crippen LogP contribution < -0.4 is 10.1 Å². The SMILES string of the molecule is CCNC(c1ccc2c(c1)CCO2)c1cc(Cl)ccc1Br. The van der Waals surface area contributed by atoms with E-state index in [0.717, 1.165) is 40.4 Å². The Kier molecular flexibility index (Phi) is 4.53. The molecule has 1 aliphatic heterocycles. The molecular formula is C17H17BrClNO. The van der Waals surface area contributed by atoms with Gasteiger partial charge >= 0.3 is 0 Å². The molecule has 2 aromatic rings. The van der Waals surface area contributed by atoms with Gasteiger partial charge in [-0.3, -0.25) is 0 Å². The summed E-state index contributed by atoms with van der Waals surface area (Å²) in [6.07, 6.45) is 0.985. The highest BCUT2D eigenvalue weighted by Gasteiger charge is 2.19. The van der Waals surface area contributed by atoms with Crippen LogP contribution in [0.15, 0.2) is 40.9 Å². The fourth-order valence-corrected chi connectivity index (χ4v) is 3.39. The van der Waals surface area contributed by atoms with Gasteiger partial charge in [-0.15, -0.1) is 0 Å². The van der Waals surface area contributed by atoms with E-state index in [1.807, 2.05) is 18.2 Å². The van der Waals surface area contributed by atoms with Crippen molar-refractivity contribution in [3.05, 3.63) is 62.6 Å². The smallest absolute Gasteiger partial charge is 0.122 e. The summed E-state index contributed by atoms with van der Waals surface area (Å²) in [5.74, 6) is 1.01. The first-order chi connectivity index (χ1) is 10.2. The average molecular weight is 367 g/mol. The third kappa shape index (κ3) is 3.10. The predicted octanol–water partition coefficient (Wildman–Crippen LogP) is 4.74. The number of hydrogen-bond donors (Lipinski definition) is 1. The van der Waals surface area contributed by atoms with Gasteiger partial charge in [0.15, 0.2) is 0 Å². The molecule has 3 rings (SSSR count). The van der Waals surface area contributed by atoms with Gasteiger partial charge in [-0.25, -0.2) is 0 Å². The molecular weight excluding hydrogens is 350 g/mol. The van der Waals surface area contributed by atoms with Crippen LogP contribution in [0, 0.1) is 0 Å². The zero-order valence-electron chi connectivity index (χ0n) is 11.8. The molecule has 0 aromatic heterocycles. The van der Waals surface area contributed by atoms with E-state index in [1.54, 1.807) is 0 Å². The highest BCUT2D eigenvalue weighted by molar-refractivity contribution is 9.10. The topological polar surface area (TPSA) is 21.3 Å². The second kappa shape index (κ2) is 6.39. The number of hydrogen-bond acceptors (Lipinski definition) is 2. The summed E-state index contributed by atoms with van der Waals surface area (Å²) < 4.78 is 6.66. The van der Waals surface area contributed by atoms with Crippen molar-refractivity contribution in [1.29, 1.82) is 0 Å². The van der Waals surface area contributed by atoms with Crippen molar-refractivity contribution in [2.75, 3.05) is 13.2 Å². The highest BCUT2D eigenvalue weighted by atomic mass is 79.9. The Bertz CT molecular complexity index is 659. The summed E-state index contributed by atoms with van der Waals surface area (Å²) in [7, 11) is 0. The zero-order chi connectivity index (χ0) is 14.8. The van der Waals surface area contributed by atoms with Gasteiger partial charge in [0.1, 0.15) is 5.75 Å². The first-order valence-electron chi connectivity index (χ1n) is 7.13. The summed E-state index contributed by atoms with van der Waals surface area (Å²) in [6, 6.07) is 12.5. The van der Waals surface area contributed by atoms with Crippen LogP contribution in [0.2, 0.25) is 5.02 Å². The molecule has 0 saturated heterocycles. The first-order valence-corrected chi connectivity index (χ1v) is 8.30. The van der Waals surface area contributed by atoms with Crippen molar-refractivity contribution in [3.8, 4) is 5.75 Å². The predicted molar refractivity (Wildman–Crippen MR) is 90.3 cm³/mol. The third-order valence-electron chi connectivity index (χ3n) is 3.72. The number of benzene rings is 2. The van der Waals surface area contributed by atoms with Crippen LogP contribution in [-0.2, 0) is 6.42 Å². The lowest BCUT2D eigenvalue weighted by molar-refractivity contribution is 0.357. The Labute approximate surface area is 138 Å². The minimum Gasteiger partial charge on any atom is -0.493 e. The lowest BCUT2D eigenvalue weighted by Gasteiger charge is -2.21. The Balaban J connectivity index is 2.03. The van der Waals surface area contributed by atoms with E-state index < -0.39 is 0 Å². The molecule has 1 unspecified atom stereocenters. The quantitative estimate of drug-likeness (QED) is 0.844. The molecule has 1 N–H and O–H groups in total. The van der Waals surface area contributed by atoms with Crippen LogP contribution in [0.5, 0.6) is 5.75 Å². The second-order valence-electron chi connectivity index (χ2n) is 5.12. The minimum atomic E-state index is 0.119. The van der Waals surface area contributed by atoms with Crippen molar-refractivity contribution in [3.63, 3.8) is 0 Å². The Morgan fingerprint density at radius 3 is 2.95 bits per heavy atom. The highest BCUT2D eigenvalue weighted by Crippen LogP contribution is 2.34. The summed E-state index contributed by atoms with van der Waals surface area (Å²) in [6.45, 7) is 3.78. The van der Waals surface area contributed by atoms with Gasteiger partial charge in [0.2, 0.25) is 0 Å². The van der Waals surface area contributed by atoms with Gasteiger partial charge in [0.25, 0.3) is 0 Å². The fraction of sp³-hybridized carbons (Fsp3) is 0.294. The second-order valence-corrected chi connectivity index (χ2v) is 6.41. The standard InChI is InChI=1S/C17H17BrClNO/c1-2-20-17(14-10-13(19)4-5-15(14)18)12-3-6-16-11(9-12)7-8-21-16/h3-6,9-10,17,20H,2,7-8H2,1H3. The lowest BCUT2D eigenvalue weighted by Crippen LogP contribution is -2.22. The summed E-state index contributed by atoms with van der Waals surface area (Å²) in [5.41, 5.74) is 3.68. The molecule has 0 radical (unpaired) electrons. The van der Waals surface area contributed by atoms with Gasteiger partial charge < -0.3 is 10.1 Å². The van der Waals surface area contributed by atoms with Gasteiger partial charge in [-0.2, -0.15) is 0 Å². The maximum absolute atomic E-state index is 6.17. The van der Waals surface area contributed by atoms with Crippen molar-refractivity contribution in [2.24, 2.45) is 0 Å². The monoisotopic (exact) mass is 365 g/mol. The van der Waals surface area contributed by atoms with Crippen molar-refractivity contribution in [2.45, 2.75) is 19.4 Å². The maximum Gasteiger partial charge on any atom is 0.122 e. The van der Waals surface area contributed by atoms with Gasteiger partial charge in [0.05, 0.1) is 12.6 Å². The maximum atomic E-state index is 6.17. The molecule has 0 amide bonds. The molecule has 1 heterocycles. The number of nitrogens with one attached hydrogen (secondary N) is 1. The number of fused-ring (bicyclic) bond motifs is 1.